The van der Waals surface area contributed by atoms with Crippen molar-refractivity contribution in [2.24, 2.45) is 0 Å². The fourth-order valence-electron chi connectivity index (χ4n) is 2.07. The standard InChI is InChI=1S/C16H18ClNO2/c1-11-2-7-16(20)13(8-11)9-18-15(10-19)12-3-5-14(17)6-4-12/h2-8,15,18-20H,9-10H2,1H3. The molecule has 0 amide bonds. The molecule has 2 rings (SSSR count). The van der Waals surface area contributed by atoms with Gasteiger partial charge in [0.1, 0.15) is 5.75 Å². The minimum Gasteiger partial charge on any atom is -0.508 e. The third kappa shape index (κ3) is 3.73. The molecule has 2 aromatic rings. The zero-order valence-electron chi connectivity index (χ0n) is 11.3. The molecule has 3 nitrogen and oxygen atoms in total. The van der Waals surface area contributed by atoms with Gasteiger partial charge in [0.15, 0.2) is 0 Å². The Morgan fingerprint density at radius 3 is 2.50 bits per heavy atom. The quantitative estimate of drug-likeness (QED) is 0.793. The summed E-state index contributed by atoms with van der Waals surface area (Å²) in [7, 11) is 0. The Bertz CT molecular complexity index is 569. The normalized spacial score (nSPS) is 12.3. The fourth-order valence-corrected chi connectivity index (χ4v) is 2.20. The van der Waals surface area contributed by atoms with E-state index in [1.54, 1.807) is 18.2 Å². The summed E-state index contributed by atoms with van der Waals surface area (Å²) in [5.41, 5.74) is 2.87. The molecular weight excluding hydrogens is 274 g/mol. The second kappa shape index (κ2) is 6.75. The molecular formula is C16H18ClNO2. The van der Waals surface area contributed by atoms with Crippen LogP contribution in [0, 0.1) is 6.92 Å². The third-order valence-electron chi connectivity index (χ3n) is 3.23. The number of aliphatic hydroxyl groups excluding tert-OH is 1. The number of phenols is 1. The summed E-state index contributed by atoms with van der Waals surface area (Å²) in [5.74, 6) is 0.260. The van der Waals surface area contributed by atoms with Crippen LogP contribution in [-0.4, -0.2) is 16.8 Å². The third-order valence-corrected chi connectivity index (χ3v) is 3.48. The Kier molecular flexibility index (Phi) is 5.01. The van der Waals surface area contributed by atoms with E-state index in [4.69, 9.17) is 11.6 Å². The van der Waals surface area contributed by atoms with Gasteiger partial charge in [-0.3, -0.25) is 0 Å². The second-order valence-corrected chi connectivity index (χ2v) is 5.24. The molecule has 0 radical (unpaired) electrons. The molecule has 1 atom stereocenters. The molecule has 2 aromatic carbocycles. The van der Waals surface area contributed by atoms with Crippen molar-refractivity contribution in [3.8, 4) is 5.75 Å². The average Bonchev–Trinajstić information content (AvgIpc) is 2.45. The van der Waals surface area contributed by atoms with Crippen molar-refractivity contribution >= 4 is 11.6 Å². The monoisotopic (exact) mass is 291 g/mol. The van der Waals surface area contributed by atoms with E-state index < -0.39 is 0 Å². The van der Waals surface area contributed by atoms with Crippen molar-refractivity contribution in [1.82, 2.24) is 5.32 Å². The van der Waals surface area contributed by atoms with E-state index >= 15 is 0 Å². The van der Waals surface area contributed by atoms with Crippen molar-refractivity contribution in [3.05, 3.63) is 64.2 Å². The number of hydrogen-bond donors (Lipinski definition) is 3. The highest BCUT2D eigenvalue weighted by molar-refractivity contribution is 6.30. The van der Waals surface area contributed by atoms with Crippen molar-refractivity contribution < 1.29 is 10.2 Å². The smallest absolute Gasteiger partial charge is 0.120 e. The Morgan fingerprint density at radius 1 is 1.15 bits per heavy atom. The average molecular weight is 292 g/mol. The van der Waals surface area contributed by atoms with E-state index in [0.717, 1.165) is 16.7 Å². The van der Waals surface area contributed by atoms with Crippen LogP contribution in [-0.2, 0) is 6.54 Å². The zero-order valence-corrected chi connectivity index (χ0v) is 12.1. The largest absolute Gasteiger partial charge is 0.508 e. The van der Waals surface area contributed by atoms with Gasteiger partial charge in [-0.2, -0.15) is 0 Å². The van der Waals surface area contributed by atoms with Crippen LogP contribution < -0.4 is 5.32 Å². The van der Waals surface area contributed by atoms with E-state index in [2.05, 4.69) is 5.32 Å². The summed E-state index contributed by atoms with van der Waals surface area (Å²) in [6, 6.07) is 12.6. The van der Waals surface area contributed by atoms with Gasteiger partial charge in [0, 0.05) is 17.1 Å². The summed E-state index contributed by atoms with van der Waals surface area (Å²) in [4.78, 5) is 0. The Labute approximate surface area is 123 Å². The summed E-state index contributed by atoms with van der Waals surface area (Å²) < 4.78 is 0. The van der Waals surface area contributed by atoms with Gasteiger partial charge in [-0.1, -0.05) is 41.4 Å². The van der Waals surface area contributed by atoms with Crippen LogP contribution in [0.25, 0.3) is 0 Å². The molecule has 3 N–H and O–H groups in total. The van der Waals surface area contributed by atoms with Gasteiger partial charge >= 0.3 is 0 Å². The van der Waals surface area contributed by atoms with Crippen LogP contribution in [0.15, 0.2) is 42.5 Å². The number of aryl methyl sites for hydroxylation is 1. The van der Waals surface area contributed by atoms with E-state index in [1.807, 2.05) is 31.2 Å². The maximum absolute atomic E-state index is 9.81. The lowest BCUT2D eigenvalue weighted by Crippen LogP contribution is -2.24. The van der Waals surface area contributed by atoms with Gasteiger partial charge < -0.3 is 15.5 Å². The Hall–Kier alpha value is -1.55. The number of hydrogen-bond acceptors (Lipinski definition) is 3. The van der Waals surface area contributed by atoms with Crippen LogP contribution in [0.2, 0.25) is 5.02 Å². The first-order valence-electron chi connectivity index (χ1n) is 6.48. The van der Waals surface area contributed by atoms with Crippen molar-refractivity contribution in [2.45, 2.75) is 19.5 Å². The van der Waals surface area contributed by atoms with Gasteiger partial charge in [0.05, 0.1) is 12.6 Å². The lowest BCUT2D eigenvalue weighted by atomic mass is 10.1. The first kappa shape index (κ1) is 14.9. The molecule has 106 valence electrons. The number of aromatic hydroxyl groups is 1. The number of benzene rings is 2. The summed E-state index contributed by atoms with van der Waals surface area (Å²) >= 11 is 5.85. The van der Waals surface area contributed by atoms with Crippen LogP contribution in [0.4, 0.5) is 0 Å². The highest BCUT2D eigenvalue weighted by Crippen LogP contribution is 2.20. The van der Waals surface area contributed by atoms with E-state index in [9.17, 15) is 10.2 Å². The summed E-state index contributed by atoms with van der Waals surface area (Å²) in [6.07, 6.45) is 0. The van der Waals surface area contributed by atoms with Crippen molar-refractivity contribution in [1.29, 1.82) is 0 Å². The maximum Gasteiger partial charge on any atom is 0.120 e. The molecule has 0 saturated heterocycles. The number of rotatable bonds is 5. The molecule has 0 saturated carbocycles. The van der Waals surface area contributed by atoms with E-state index in [1.165, 1.54) is 0 Å². The molecule has 0 aromatic heterocycles. The lowest BCUT2D eigenvalue weighted by Gasteiger charge is -2.17. The molecule has 0 aliphatic carbocycles. The SMILES string of the molecule is Cc1ccc(O)c(CNC(CO)c2ccc(Cl)cc2)c1. The van der Waals surface area contributed by atoms with Crippen LogP contribution >= 0.6 is 11.6 Å². The number of halogens is 1. The van der Waals surface area contributed by atoms with Gasteiger partial charge in [0.2, 0.25) is 0 Å². The molecule has 4 heteroatoms. The van der Waals surface area contributed by atoms with Crippen LogP contribution in [0.3, 0.4) is 0 Å². The molecule has 0 fully saturated rings. The molecule has 0 aliphatic rings. The first-order chi connectivity index (χ1) is 9.60. The number of nitrogens with one attached hydrogen (secondary N) is 1. The van der Waals surface area contributed by atoms with Crippen LogP contribution in [0.5, 0.6) is 5.75 Å². The number of phenolic OH excluding ortho intramolecular Hbond substituents is 1. The van der Waals surface area contributed by atoms with Crippen LogP contribution in [0.1, 0.15) is 22.7 Å². The van der Waals surface area contributed by atoms with E-state index in [-0.39, 0.29) is 18.4 Å². The maximum atomic E-state index is 9.81. The molecule has 20 heavy (non-hydrogen) atoms. The number of aliphatic hydroxyl groups is 1. The molecule has 0 aliphatic heterocycles. The van der Waals surface area contributed by atoms with Gasteiger partial charge in [-0.15, -0.1) is 0 Å². The zero-order chi connectivity index (χ0) is 14.5. The Morgan fingerprint density at radius 2 is 1.85 bits per heavy atom. The predicted molar refractivity (Wildman–Crippen MR) is 81.0 cm³/mol. The molecule has 0 spiro atoms. The minimum atomic E-state index is -0.188. The lowest BCUT2D eigenvalue weighted by molar-refractivity contribution is 0.243. The molecule has 0 bridgehead atoms. The molecule has 1 unspecified atom stereocenters. The van der Waals surface area contributed by atoms with Crippen molar-refractivity contribution in [2.75, 3.05) is 6.61 Å². The summed E-state index contributed by atoms with van der Waals surface area (Å²) in [5, 5.41) is 23.2. The fraction of sp³-hybridized carbons (Fsp3) is 0.250. The summed E-state index contributed by atoms with van der Waals surface area (Å²) in [6.45, 7) is 2.45. The van der Waals surface area contributed by atoms with E-state index in [0.29, 0.717) is 11.6 Å². The molecule has 0 heterocycles. The highest BCUT2D eigenvalue weighted by atomic mass is 35.5. The van der Waals surface area contributed by atoms with Gasteiger partial charge in [-0.25, -0.2) is 0 Å². The first-order valence-corrected chi connectivity index (χ1v) is 6.86. The minimum absolute atomic E-state index is 0.0196. The van der Waals surface area contributed by atoms with Gasteiger partial charge in [0.25, 0.3) is 0 Å². The van der Waals surface area contributed by atoms with Crippen molar-refractivity contribution in [3.63, 3.8) is 0 Å². The van der Waals surface area contributed by atoms with Gasteiger partial charge in [-0.05, 0) is 30.7 Å². The topological polar surface area (TPSA) is 52.5 Å². The Balaban J connectivity index is 2.07. The highest BCUT2D eigenvalue weighted by Gasteiger charge is 2.11. The predicted octanol–water partition coefficient (Wildman–Crippen LogP) is 3.18. The second-order valence-electron chi connectivity index (χ2n) is 4.80.